The van der Waals surface area contributed by atoms with E-state index in [1.54, 1.807) is 0 Å². The quantitative estimate of drug-likeness (QED) is 0.350. The summed E-state index contributed by atoms with van der Waals surface area (Å²) in [5.74, 6) is 2.36. The summed E-state index contributed by atoms with van der Waals surface area (Å²) in [7, 11) is 0. The summed E-state index contributed by atoms with van der Waals surface area (Å²) < 4.78 is 4.73. The number of hydrogen-bond donors (Lipinski definition) is 1. The highest BCUT2D eigenvalue weighted by molar-refractivity contribution is 5.07. The van der Waals surface area contributed by atoms with Crippen molar-refractivity contribution in [3.05, 3.63) is 0 Å². The molecule has 0 aromatic rings. The second-order valence-corrected chi connectivity index (χ2v) is 1.44. The monoisotopic (exact) mass is 98.0 g/mol. The number of terminal acetylenes is 1. The van der Waals surface area contributed by atoms with Gasteiger partial charge in [0.25, 0.3) is 0 Å². The highest BCUT2D eigenvalue weighted by atomic mass is 16.6. The van der Waals surface area contributed by atoms with Crippen LogP contribution in [-0.2, 0) is 4.74 Å². The predicted molar refractivity (Wildman–Crippen MR) is 24.6 cm³/mol. The molecule has 0 unspecified atom stereocenters. The average Bonchev–Trinajstić information content (AvgIpc) is 2.43. The third-order valence-electron chi connectivity index (χ3n) is 0.927. The number of rotatable bonds is 1. The molecule has 1 heterocycles. The SMILES string of the molecule is C#C[C@H]1O[C@@H]1CO. The second-order valence-electron chi connectivity index (χ2n) is 1.44. The molecule has 38 valence electrons. The van der Waals surface area contributed by atoms with E-state index in [4.69, 9.17) is 16.3 Å². The second kappa shape index (κ2) is 1.53. The molecule has 0 radical (unpaired) electrons. The minimum Gasteiger partial charge on any atom is -0.394 e. The van der Waals surface area contributed by atoms with Crippen LogP contribution >= 0.6 is 0 Å². The summed E-state index contributed by atoms with van der Waals surface area (Å²) >= 11 is 0. The van der Waals surface area contributed by atoms with Crippen molar-refractivity contribution in [2.45, 2.75) is 12.2 Å². The molecular formula is C5H6O2. The first kappa shape index (κ1) is 4.63. The first-order valence-electron chi connectivity index (χ1n) is 2.11. The predicted octanol–water partition coefficient (Wildman–Crippen LogP) is -0.621. The molecule has 1 N–H and O–H groups in total. The van der Waals surface area contributed by atoms with Crippen LogP contribution in [0.5, 0.6) is 0 Å². The maximum absolute atomic E-state index is 8.29. The van der Waals surface area contributed by atoms with E-state index < -0.39 is 0 Å². The van der Waals surface area contributed by atoms with Gasteiger partial charge in [0.05, 0.1) is 6.61 Å². The molecule has 1 saturated heterocycles. The number of hydrogen-bond acceptors (Lipinski definition) is 2. The Morgan fingerprint density at radius 3 is 2.71 bits per heavy atom. The van der Waals surface area contributed by atoms with Crippen LogP contribution in [0, 0.1) is 12.3 Å². The van der Waals surface area contributed by atoms with E-state index in [2.05, 4.69) is 5.92 Å². The van der Waals surface area contributed by atoms with Crippen molar-refractivity contribution in [2.24, 2.45) is 0 Å². The zero-order valence-corrected chi connectivity index (χ0v) is 3.79. The van der Waals surface area contributed by atoms with Crippen molar-refractivity contribution >= 4 is 0 Å². The first-order chi connectivity index (χ1) is 3.38. The molecule has 2 heteroatoms. The standard InChI is InChI=1S/C5H6O2/c1-2-4-5(3-6)7-4/h1,4-6H,3H2/t4-,5-/m1/s1. The van der Waals surface area contributed by atoms with Gasteiger partial charge in [0.15, 0.2) is 0 Å². The van der Waals surface area contributed by atoms with Crippen LogP contribution in [0.3, 0.4) is 0 Å². The lowest BCUT2D eigenvalue weighted by Crippen LogP contribution is -1.95. The van der Waals surface area contributed by atoms with Gasteiger partial charge < -0.3 is 9.84 Å². The molecule has 0 aliphatic carbocycles. The van der Waals surface area contributed by atoms with E-state index in [0.29, 0.717) is 0 Å². The summed E-state index contributed by atoms with van der Waals surface area (Å²) in [6.45, 7) is 0.0505. The highest BCUT2D eigenvalue weighted by Gasteiger charge is 2.35. The molecule has 7 heavy (non-hydrogen) atoms. The Bertz CT molecular complexity index is 103. The number of epoxide rings is 1. The van der Waals surface area contributed by atoms with Crippen LogP contribution in [0.25, 0.3) is 0 Å². The molecule has 2 atom stereocenters. The fraction of sp³-hybridized carbons (Fsp3) is 0.600. The van der Waals surface area contributed by atoms with Gasteiger partial charge in [-0.3, -0.25) is 0 Å². The Hall–Kier alpha value is -0.520. The first-order valence-corrected chi connectivity index (χ1v) is 2.11. The summed E-state index contributed by atoms with van der Waals surface area (Å²) in [6.07, 6.45) is 4.74. The third kappa shape index (κ3) is 0.738. The van der Waals surface area contributed by atoms with Crippen molar-refractivity contribution in [1.29, 1.82) is 0 Å². The van der Waals surface area contributed by atoms with Gasteiger partial charge in [0, 0.05) is 0 Å². The van der Waals surface area contributed by atoms with Gasteiger partial charge in [0.1, 0.15) is 12.2 Å². The molecule has 2 nitrogen and oxygen atoms in total. The molecule has 1 aliphatic rings. The maximum atomic E-state index is 8.29. The van der Waals surface area contributed by atoms with Crippen LogP contribution < -0.4 is 0 Å². The summed E-state index contributed by atoms with van der Waals surface area (Å²) in [5, 5.41) is 8.29. The molecule has 1 aliphatic heterocycles. The van der Waals surface area contributed by atoms with Crippen LogP contribution in [0.2, 0.25) is 0 Å². The van der Waals surface area contributed by atoms with Gasteiger partial charge in [-0.15, -0.1) is 6.42 Å². The molecule has 0 saturated carbocycles. The summed E-state index contributed by atoms with van der Waals surface area (Å²) in [5.41, 5.74) is 0. The minimum absolute atomic E-state index is 0.0505. The zero-order chi connectivity index (χ0) is 5.28. The molecule has 0 bridgehead atoms. The molecule has 1 rings (SSSR count). The lowest BCUT2D eigenvalue weighted by atomic mass is 10.3. The summed E-state index contributed by atoms with van der Waals surface area (Å²) in [6, 6.07) is 0. The lowest BCUT2D eigenvalue weighted by Gasteiger charge is -1.73. The zero-order valence-electron chi connectivity index (χ0n) is 3.79. The van der Waals surface area contributed by atoms with Crippen molar-refractivity contribution in [3.63, 3.8) is 0 Å². The van der Waals surface area contributed by atoms with E-state index in [9.17, 15) is 0 Å². The Morgan fingerprint density at radius 1 is 1.86 bits per heavy atom. The van der Waals surface area contributed by atoms with E-state index in [1.165, 1.54) is 0 Å². The van der Waals surface area contributed by atoms with Crippen molar-refractivity contribution in [1.82, 2.24) is 0 Å². The van der Waals surface area contributed by atoms with Crippen LogP contribution in [-0.4, -0.2) is 23.9 Å². The van der Waals surface area contributed by atoms with Crippen molar-refractivity contribution < 1.29 is 9.84 Å². The van der Waals surface area contributed by atoms with E-state index in [0.717, 1.165) is 0 Å². The van der Waals surface area contributed by atoms with Crippen molar-refractivity contribution in [3.8, 4) is 12.3 Å². The Kier molecular flexibility index (Phi) is 1.01. The number of aliphatic hydroxyl groups excluding tert-OH is 1. The maximum Gasteiger partial charge on any atom is 0.146 e. The largest absolute Gasteiger partial charge is 0.394 e. The van der Waals surface area contributed by atoms with Crippen LogP contribution in [0.1, 0.15) is 0 Å². The molecule has 0 aromatic carbocycles. The molecule has 0 amide bonds. The molecular weight excluding hydrogens is 92.1 g/mol. The topological polar surface area (TPSA) is 32.8 Å². The van der Waals surface area contributed by atoms with E-state index in [-0.39, 0.29) is 18.8 Å². The lowest BCUT2D eigenvalue weighted by molar-refractivity contribution is 0.243. The third-order valence-corrected chi connectivity index (χ3v) is 0.927. The Balaban J connectivity index is 2.21. The smallest absolute Gasteiger partial charge is 0.146 e. The van der Waals surface area contributed by atoms with Gasteiger partial charge in [-0.05, 0) is 0 Å². The Labute approximate surface area is 42.1 Å². The fourth-order valence-corrected chi connectivity index (χ4v) is 0.428. The highest BCUT2D eigenvalue weighted by Crippen LogP contribution is 2.18. The van der Waals surface area contributed by atoms with Crippen molar-refractivity contribution in [2.75, 3.05) is 6.61 Å². The van der Waals surface area contributed by atoms with E-state index in [1.807, 2.05) is 0 Å². The summed E-state index contributed by atoms with van der Waals surface area (Å²) in [4.78, 5) is 0. The molecule has 1 fully saturated rings. The van der Waals surface area contributed by atoms with Crippen LogP contribution in [0.15, 0.2) is 0 Å². The number of aliphatic hydroxyl groups is 1. The average molecular weight is 98.1 g/mol. The molecule has 0 aromatic heterocycles. The Morgan fingerprint density at radius 2 is 2.57 bits per heavy atom. The van der Waals surface area contributed by atoms with Gasteiger partial charge in [0.2, 0.25) is 0 Å². The molecule has 0 spiro atoms. The van der Waals surface area contributed by atoms with Gasteiger partial charge in [-0.25, -0.2) is 0 Å². The van der Waals surface area contributed by atoms with Gasteiger partial charge >= 0.3 is 0 Å². The van der Waals surface area contributed by atoms with Crippen LogP contribution in [0.4, 0.5) is 0 Å². The van der Waals surface area contributed by atoms with Gasteiger partial charge in [-0.1, -0.05) is 5.92 Å². The minimum atomic E-state index is -0.106. The normalized spacial score (nSPS) is 37.1. The fourth-order valence-electron chi connectivity index (χ4n) is 0.428. The number of ether oxygens (including phenoxy) is 1. The van der Waals surface area contributed by atoms with Gasteiger partial charge in [-0.2, -0.15) is 0 Å². The van der Waals surface area contributed by atoms with E-state index >= 15 is 0 Å².